The third kappa shape index (κ3) is 6.10. The Hall–Kier alpha value is -2.33. The summed E-state index contributed by atoms with van der Waals surface area (Å²) in [6.45, 7) is 7.53. The maximum absolute atomic E-state index is 12.2. The Morgan fingerprint density at radius 1 is 1.11 bits per heavy atom. The van der Waals surface area contributed by atoms with Crippen molar-refractivity contribution >= 4 is 5.91 Å². The van der Waals surface area contributed by atoms with E-state index >= 15 is 0 Å². The van der Waals surface area contributed by atoms with Gasteiger partial charge in [-0.3, -0.25) is 9.69 Å². The van der Waals surface area contributed by atoms with Gasteiger partial charge in [0.15, 0.2) is 0 Å². The lowest BCUT2D eigenvalue weighted by atomic mass is 10.0. The van der Waals surface area contributed by atoms with Crippen LogP contribution in [0.3, 0.4) is 0 Å². The van der Waals surface area contributed by atoms with E-state index < -0.39 is 0 Å². The average molecular weight is 367 g/mol. The van der Waals surface area contributed by atoms with Crippen LogP contribution in [-0.4, -0.2) is 36.5 Å². The molecule has 0 aromatic heterocycles. The van der Waals surface area contributed by atoms with Crippen LogP contribution in [0.2, 0.25) is 0 Å². The number of ether oxygens (including phenoxy) is 1. The normalized spacial score (nSPS) is 15.5. The van der Waals surface area contributed by atoms with Crippen LogP contribution >= 0.6 is 0 Å². The van der Waals surface area contributed by atoms with Gasteiger partial charge in [0.1, 0.15) is 5.75 Å². The Kier molecular flexibility index (Phi) is 6.88. The number of nitrogens with zero attached hydrogens (tertiary/aromatic N) is 1. The highest BCUT2D eigenvalue weighted by atomic mass is 16.5. The van der Waals surface area contributed by atoms with Crippen LogP contribution in [0.1, 0.15) is 36.0 Å². The molecule has 27 heavy (non-hydrogen) atoms. The maximum atomic E-state index is 12.2. The van der Waals surface area contributed by atoms with Crippen molar-refractivity contribution in [2.75, 3.05) is 19.7 Å². The quantitative estimate of drug-likeness (QED) is 0.809. The minimum absolute atomic E-state index is 0.0850. The molecule has 0 radical (unpaired) electrons. The van der Waals surface area contributed by atoms with E-state index in [9.17, 15) is 4.79 Å². The topological polar surface area (TPSA) is 41.6 Å². The highest BCUT2D eigenvalue weighted by Gasteiger charge is 2.20. The highest BCUT2D eigenvalue weighted by Crippen LogP contribution is 2.19. The van der Waals surface area contributed by atoms with Gasteiger partial charge in [-0.1, -0.05) is 42.5 Å². The second-order valence-corrected chi connectivity index (χ2v) is 7.47. The minimum Gasteiger partial charge on any atom is -0.493 e. The molecule has 2 aromatic rings. The first kappa shape index (κ1) is 19.4. The molecule has 1 aliphatic heterocycles. The molecule has 1 fully saturated rings. The molecule has 0 bridgehead atoms. The van der Waals surface area contributed by atoms with E-state index in [1.165, 1.54) is 11.1 Å². The second-order valence-electron chi connectivity index (χ2n) is 7.47. The van der Waals surface area contributed by atoms with Gasteiger partial charge in [0.2, 0.25) is 5.91 Å². The summed E-state index contributed by atoms with van der Waals surface area (Å²) in [5, 5.41) is 3.17. The lowest BCUT2D eigenvalue weighted by Crippen LogP contribution is -2.44. The van der Waals surface area contributed by atoms with Gasteiger partial charge in [-0.15, -0.1) is 0 Å². The standard InChI is InChI=1S/C23H30N2O2/c1-18-8-9-19(2)22(16-18)27-15-12-23(26)24-21-10-13-25(14-11-21)17-20-6-4-3-5-7-20/h3-9,16,21H,10-15,17H2,1-2H3,(H,24,26). The van der Waals surface area contributed by atoms with Gasteiger partial charge >= 0.3 is 0 Å². The summed E-state index contributed by atoms with van der Waals surface area (Å²) in [5.74, 6) is 0.957. The van der Waals surface area contributed by atoms with E-state index in [-0.39, 0.29) is 11.9 Å². The van der Waals surface area contributed by atoms with Crippen molar-refractivity contribution < 1.29 is 9.53 Å². The van der Waals surface area contributed by atoms with Gasteiger partial charge in [0, 0.05) is 25.7 Å². The molecule has 0 unspecified atom stereocenters. The van der Waals surface area contributed by atoms with Crippen LogP contribution in [0.15, 0.2) is 48.5 Å². The van der Waals surface area contributed by atoms with E-state index in [0.29, 0.717) is 13.0 Å². The number of piperidine rings is 1. The molecule has 4 nitrogen and oxygen atoms in total. The van der Waals surface area contributed by atoms with E-state index in [4.69, 9.17) is 4.74 Å². The predicted molar refractivity (Wildman–Crippen MR) is 109 cm³/mol. The first-order valence-electron chi connectivity index (χ1n) is 9.86. The summed E-state index contributed by atoms with van der Waals surface area (Å²) in [6, 6.07) is 17.0. The van der Waals surface area contributed by atoms with Crippen LogP contribution < -0.4 is 10.1 Å². The number of hydrogen-bond donors (Lipinski definition) is 1. The molecule has 1 aliphatic rings. The third-order valence-corrected chi connectivity index (χ3v) is 5.13. The smallest absolute Gasteiger partial charge is 0.223 e. The van der Waals surface area contributed by atoms with E-state index in [1.807, 2.05) is 26.0 Å². The number of carbonyl (C=O) groups is 1. The SMILES string of the molecule is Cc1ccc(C)c(OCCC(=O)NC2CCN(Cc3ccccc3)CC2)c1. The van der Waals surface area contributed by atoms with Crippen molar-refractivity contribution in [1.82, 2.24) is 10.2 Å². The lowest BCUT2D eigenvalue weighted by Gasteiger charge is -2.32. The van der Waals surface area contributed by atoms with Crippen LogP contribution in [0.25, 0.3) is 0 Å². The van der Waals surface area contributed by atoms with E-state index in [2.05, 4.69) is 46.6 Å². The minimum atomic E-state index is 0.0850. The zero-order valence-corrected chi connectivity index (χ0v) is 16.4. The molecule has 144 valence electrons. The molecular formula is C23H30N2O2. The second kappa shape index (κ2) is 9.56. The van der Waals surface area contributed by atoms with Crippen molar-refractivity contribution in [3.8, 4) is 5.75 Å². The van der Waals surface area contributed by atoms with Crippen LogP contribution in [0, 0.1) is 13.8 Å². The highest BCUT2D eigenvalue weighted by molar-refractivity contribution is 5.76. The van der Waals surface area contributed by atoms with Gasteiger partial charge in [-0.25, -0.2) is 0 Å². The number of nitrogens with one attached hydrogen (secondary N) is 1. The molecule has 1 N–H and O–H groups in total. The first-order valence-corrected chi connectivity index (χ1v) is 9.86. The van der Waals surface area contributed by atoms with E-state index in [0.717, 1.165) is 43.8 Å². The largest absolute Gasteiger partial charge is 0.493 e. The summed E-state index contributed by atoms with van der Waals surface area (Å²) in [4.78, 5) is 14.7. The lowest BCUT2D eigenvalue weighted by molar-refractivity contribution is -0.122. The molecule has 0 aliphatic carbocycles. The average Bonchev–Trinajstić information content (AvgIpc) is 2.67. The van der Waals surface area contributed by atoms with Gasteiger partial charge in [0.05, 0.1) is 13.0 Å². The number of amides is 1. The third-order valence-electron chi connectivity index (χ3n) is 5.13. The predicted octanol–water partition coefficient (Wildman–Crippen LogP) is 3.85. The fourth-order valence-electron chi connectivity index (χ4n) is 3.49. The molecule has 1 amide bonds. The number of hydrogen-bond acceptors (Lipinski definition) is 3. The summed E-state index contributed by atoms with van der Waals surface area (Å²) >= 11 is 0. The Balaban J connectivity index is 1.35. The van der Waals surface area contributed by atoms with Gasteiger partial charge < -0.3 is 10.1 Å². The van der Waals surface area contributed by atoms with Gasteiger partial charge in [-0.2, -0.15) is 0 Å². The van der Waals surface area contributed by atoms with Crippen LogP contribution in [0.5, 0.6) is 5.75 Å². The van der Waals surface area contributed by atoms with Gasteiger partial charge in [-0.05, 0) is 49.4 Å². The number of likely N-dealkylation sites (tertiary alicyclic amines) is 1. The number of rotatable bonds is 7. The van der Waals surface area contributed by atoms with Crippen molar-refractivity contribution in [1.29, 1.82) is 0 Å². The summed E-state index contributed by atoms with van der Waals surface area (Å²) in [7, 11) is 0. The van der Waals surface area contributed by atoms with E-state index in [1.54, 1.807) is 0 Å². The first-order chi connectivity index (χ1) is 13.1. The molecule has 1 heterocycles. The van der Waals surface area contributed by atoms with Crippen molar-refractivity contribution in [3.05, 3.63) is 65.2 Å². The summed E-state index contributed by atoms with van der Waals surface area (Å²) < 4.78 is 5.79. The molecule has 0 spiro atoms. The van der Waals surface area contributed by atoms with Crippen LogP contribution in [0.4, 0.5) is 0 Å². The molecule has 3 rings (SSSR count). The summed E-state index contributed by atoms with van der Waals surface area (Å²) in [6.07, 6.45) is 2.42. The fraction of sp³-hybridized carbons (Fsp3) is 0.435. The monoisotopic (exact) mass is 366 g/mol. The van der Waals surface area contributed by atoms with Crippen molar-refractivity contribution in [2.45, 2.75) is 45.7 Å². The summed E-state index contributed by atoms with van der Waals surface area (Å²) in [5.41, 5.74) is 3.62. The Labute approximate surface area is 162 Å². The number of aryl methyl sites for hydroxylation is 2. The number of benzene rings is 2. The molecule has 1 saturated heterocycles. The Morgan fingerprint density at radius 3 is 2.59 bits per heavy atom. The number of carbonyl (C=O) groups excluding carboxylic acids is 1. The zero-order chi connectivity index (χ0) is 19.1. The molecule has 0 atom stereocenters. The van der Waals surface area contributed by atoms with Gasteiger partial charge in [0.25, 0.3) is 0 Å². The molecule has 0 saturated carbocycles. The molecule has 4 heteroatoms. The Bertz CT molecular complexity index is 737. The Morgan fingerprint density at radius 2 is 1.85 bits per heavy atom. The van der Waals surface area contributed by atoms with Crippen molar-refractivity contribution in [3.63, 3.8) is 0 Å². The molecular weight excluding hydrogens is 336 g/mol. The fourth-order valence-corrected chi connectivity index (χ4v) is 3.49. The molecule has 2 aromatic carbocycles. The maximum Gasteiger partial charge on any atom is 0.223 e. The van der Waals surface area contributed by atoms with Crippen LogP contribution in [-0.2, 0) is 11.3 Å². The van der Waals surface area contributed by atoms with Crippen molar-refractivity contribution in [2.24, 2.45) is 0 Å². The zero-order valence-electron chi connectivity index (χ0n) is 16.4.